The average Bonchev–Trinajstić information content (AvgIpc) is 2.40. The molecule has 1 aromatic carbocycles. The fourth-order valence-electron chi connectivity index (χ4n) is 2.16. The lowest BCUT2D eigenvalue weighted by Crippen LogP contribution is -2.44. The summed E-state index contributed by atoms with van der Waals surface area (Å²) in [4.78, 5) is 2.47. The number of nitrogens with one attached hydrogen (secondary N) is 1. The van der Waals surface area contributed by atoms with Gasteiger partial charge in [0, 0.05) is 37.7 Å². The molecule has 2 rings (SSSR count). The van der Waals surface area contributed by atoms with Crippen LogP contribution in [0.25, 0.3) is 0 Å². The molecule has 1 aliphatic heterocycles. The Morgan fingerprint density at radius 1 is 1.39 bits per heavy atom. The molecule has 5 heteroatoms. The second-order valence-corrected chi connectivity index (χ2v) is 5.65. The quantitative estimate of drug-likeness (QED) is 0.916. The van der Waals surface area contributed by atoms with Crippen LogP contribution in [0, 0.1) is 0 Å². The predicted octanol–water partition coefficient (Wildman–Crippen LogP) is 2.56. The number of halogens is 2. The highest BCUT2D eigenvalue weighted by Crippen LogP contribution is 2.32. The molecule has 0 aliphatic carbocycles. The highest BCUT2D eigenvalue weighted by molar-refractivity contribution is 9.10. The third-order valence-corrected chi connectivity index (χ3v) is 4.32. The molecular weight excluding hydrogens is 316 g/mol. The van der Waals surface area contributed by atoms with E-state index in [1.54, 1.807) is 7.11 Å². The number of hydrogen-bond acceptors (Lipinski definition) is 3. The van der Waals surface area contributed by atoms with Gasteiger partial charge in [0.25, 0.3) is 0 Å². The van der Waals surface area contributed by atoms with Crippen LogP contribution in [0.1, 0.15) is 5.56 Å². The molecule has 0 aromatic heterocycles. The van der Waals surface area contributed by atoms with Crippen molar-refractivity contribution in [1.29, 1.82) is 0 Å². The minimum Gasteiger partial charge on any atom is -0.496 e. The van der Waals surface area contributed by atoms with Crippen molar-refractivity contribution in [3.63, 3.8) is 0 Å². The summed E-state index contributed by atoms with van der Waals surface area (Å²) in [6, 6.07) is 3.84. The van der Waals surface area contributed by atoms with Gasteiger partial charge >= 0.3 is 0 Å². The molecule has 1 saturated heterocycles. The Kier molecular flexibility index (Phi) is 5.30. The second-order valence-electron chi connectivity index (χ2n) is 4.42. The zero-order valence-electron chi connectivity index (χ0n) is 10.5. The highest BCUT2D eigenvalue weighted by atomic mass is 79.9. The molecule has 1 fully saturated rings. The molecule has 18 heavy (non-hydrogen) atoms. The van der Waals surface area contributed by atoms with Crippen LogP contribution in [0.5, 0.6) is 5.75 Å². The average molecular weight is 334 g/mol. The Labute approximate surface area is 122 Å². The standard InChI is InChI=1S/C13H18BrClN2O/c1-18-12-9-11(15)8-10(13(12)14)2-5-17-6-3-16-4-7-17/h8-9,16H,2-7H2,1H3. The number of nitrogens with zero attached hydrogens (tertiary/aromatic N) is 1. The van der Waals surface area contributed by atoms with Crippen molar-refractivity contribution in [2.75, 3.05) is 39.8 Å². The maximum absolute atomic E-state index is 6.10. The zero-order chi connectivity index (χ0) is 13.0. The molecule has 0 radical (unpaired) electrons. The van der Waals surface area contributed by atoms with Crippen molar-refractivity contribution < 1.29 is 4.74 Å². The van der Waals surface area contributed by atoms with E-state index in [1.165, 1.54) is 5.56 Å². The Morgan fingerprint density at radius 2 is 2.11 bits per heavy atom. The van der Waals surface area contributed by atoms with Gasteiger partial charge in [0.1, 0.15) is 5.75 Å². The Balaban J connectivity index is 2.01. The predicted molar refractivity (Wildman–Crippen MR) is 78.7 cm³/mol. The fourth-order valence-corrected chi connectivity index (χ4v) is 2.98. The summed E-state index contributed by atoms with van der Waals surface area (Å²) >= 11 is 9.68. The molecule has 0 spiro atoms. The van der Waals surface area contributed by atoms with E-state index in [4.69, 9.17) is 16.3 Å². The van der Waals surface area contributed by atoms with Crippen molar-refractivity contribution >= 4 is 27.5 Å². The molecule has 1 aliphatic rings. The minimum absolute atomic E-state index is 0.727. The van der Waals surface area contributed by atoms with Crippen LogP contribution in [0.3, 0.4) is 0 Å². The summed E-state index contributed by atoms with van der Waals surface area (Å²) in [6.45, 7) is 5.47. The lowest BCUT2D eigenvalue weighted by molar-refractivity contribution is 0.243. The monoisotopic (exact) mass is 332 g/mol. The van der Waals surface area contributed by atoms with Gasteiger partial charge in [-0.2, -0.15) is 0 Å². The first-order chi connectivity index (χ1) is 8.70. The molecule has 1 aromatic rings. The fraction of sp³-hybridized carbons (Fsp3) is 0.538. The van der Waals surface area contributed by atoms with Gasteiger partial charge < -0.3 is 15.0 Å². The third-order valence-electron chi connectivity index (χ3n) is 3.21. The van der Waals surface area contributed by atoms with Crippen molar-refractivity contribution in [3.8, 4) is 5.75 Å². The van der Waals surface area contributed by atoms with E-state index in [0.29, 0.717) is 0 Å². The summed E-state index contributed by atoms with van der Waals surface area (Å²) in [5, 5.41) is 4.09. The van der Waals surface area contributed by atoms with Crippen molar-refractivity contribution in [2.24, 2.45) is 0 Å². The molecule has 0 saturated carbocycles. The van der Waals surface area contributed by atoms with E-state index in [9.17, 15) is 0 Å². The smallest absolute Gasteiger partial charge is 0.134 e. The van der Waals surface area contributed by atoms with Gasteiger partial charge in [-0.15, -0.1) is 0 Å². The molecule has 1 N–H and O–H groups in total. The Hall–Kier alpha value is -0.290. The van der Waals surface area contributed by atoms with E-state index in [0.717, 1.165) is 54.4 Å². The number of hydrogen-bond donors (Lipinski definition) is 1. The van der Waals surface area contributed by atoms with Crippen molar-refractivity contribution in [2.45, 2.75) is 6.42 Å². The van der Waals surface area contributed by atoms with Crippen LogP contribution in [-0.4, -0.2) is 44.7 Å². The SMILES string of the molecule is COc1cc(Cl)cc(CCN2CCNCC2)c1Br. The number of ether oxygens (including phenoxy) is 1. The first kappa shape index (κ1) is 14.1. The van der Waals surface area contributed by atoms with Crippen LogP contribution in [0.4, 0.5) is 0 Å². The van der Waals surface area contributed by atoms with Crippen LogP contribution in [-0.2, 0) is 6.42 Å². The molecule has 0 atom stereocenters. The van der Waals surface area contributed by atoms with Crippen molar-refractivity contribution in [3.05, 3.63) is 27.2 Å². The molecule has 100 valence electrons. The number of rotatable bonds is 4. The number of methoxy groups -OCH3 is 1. The summed E-state index contributed by atoms with van der Waals surface area (Å²) < 4.78 is 6.32. The summed E-state index contributed by atoms with van der Waals surface area (Å²) in [5.41, 5.74) is 1.21. The Bertz CT molecular complexity index is 408. The zero-order valence-corrected chi connectivity index (χ0v) is 12.9. The first-order valence-electron chi connectivity index (χ1n) is 6.15. The van der Waals surface area contributed by atoms with Gasteiger partial charge in [-0.3, -0.25) is 0 Å². The second kappa shape index (κ2) is 6.75. The van der Waals surface area contributed by atoms with E-state index < -0.39 is 0 Å². The van der Waals surface area contributed by atoms with E-state index in [1.807, 2.05) is 12.1 Å². The van der Waals surface area contributed by atoms with Crippen LogP contribution >= 0.6 is 27.5 Å². The van der Waals surface area contributed by atoms with E-state index in [-0.39, 0.29) is 0 Å². The van der Waals surface area contributed by atoms with Gasteiger partial charge in [0.15, 0.2) is 0 Å². The first-order valence-corrected chi connectivity index (χ1v) is 7.33. The van der Waals surface area contributed by atoms with Crippen LogP contribution in [0.2, 0.25) is 5.02 Å². The van der Waals surface area contributed by atoms with Gasteiger partial charge in [-0.05, 0) is 40.0 Å². The largest absolute Gasteiger partial charge is 0.496 e. The normalized spacial score (nSPS) is 16.8. The summed E-state index contributed by atoms with van der Waals surface area (Å²) in [5.74, 6) is 0.804. The lowest BCUT2D eigenvalue weighted by Gasteiger charge is -2.27. The topological polar surface area (TPSA) is 24.5 Å². The maximum Gasteiger partial charge on any atom is 0.134 e. The van der Waals surface area contributed by atoms with E-state index in [2.05, 4.69) is 26.1 Å². The lowest BCUT2D eigenvalue weighted by atomic mass is 10.1. The van der Waals surface area contributed by atoms with E-state index >= 15 is 0 Å². The van der Waals surface area contributed by atoms with Gasteiger partial charge in [0.2, 0.25) is 0 Å². The van der Waals surface area contributed by atoms with Crippen LogP contribution < -0.4 is 10.1 Å². The highest BCUT2D eigenvalue weighted by Gasteiger charge is 2.12. The summed E-state index contributed by atoms with van der Waals surface area (Å²) in [6.07, 6.45) is 0.984. The molecule has 0 bridgehead atoms. The minimum atomic E-state index is 0.727. The molecule has 3 nitrogen and oxygen atoms in total. The number of piperazine rings is 1. The van der Waals surface area contributed by atoms with Crippen molar-refractivity contribution in [1.82, 2.24) is 10.2 Å². The number of benzene rings is 1. The van der Waals surface area contributed by atoms with Gasteiger partial charge in [-0.1, -0.05) is 11.6 Å². The third kappa shape index (κ3) is 3.60. The molecule has 1 heterocycles. The van der Waals surface area contributed by atoms with Crippen LogP contribution in [0.15, 0.2) is 16.6 Å². The molecule has 0 unspecified atom stereocenters. The molecule has 0 amide bonds. The maximum atomic E-state index is 6.10. The van der Waals surface area contributed by atoms with Gasteiger partial charge in [-0.25, -0.2) is 0 Å². The van der Waals surface area contributed by atoms with Gasteiger partial charge in [0.05, 0.1) is 11.6 Å². The molecular formula is C13H18BrClN2O. The Morgan fingerprint density at radius 3 is 2.78 bits per heavy atom. The summed E-state index contributed by atoms with van der Waals surface area (Å²) in [7, 11) is 1.66.